The van der Waals surface area contributed by atoms with Gasteiger partial charge in [-0.05, 0) is 43.4 Å². The molecular formula is C14H20N2O. The van der Waals surface area contributed by atoms with Crippen LogP contribution in [0.4, 0.5) is 5.69 Å². The zero-order chi connectivity index (χ0) is 12.1. The number of aryl methyl sites for hydroxylation is 1. The monoisotopic (exact) mass is 232 g/mol. The molecule has 1 aromatic rings. The lowest BCUT2D eigenvalue weighted by atomic mass is 10.1. The molecule has 1 saturated heterocycles. The fraction of sp³-hybridized carbons (Fsp3) is 0.500. The lowest BCUT2D eigenvalue weighted by Gasteiger charge is -2.16. The van der Waals surface area contributed by atoms with E-state index < -0.39 is 0 Å². The zero-order valence-electron chi connectivity index (χ0n) is 10.3. The second kappa shape index (κ2) is 5.71. The summed E-state index contributed by atoms with van der Waals surface area (Å²) in [6, 6.07) is 8.24. The van der Waals surface area contributed by atoms with E-state index in [2.05, 4.69) is 41.8 Å². The summed E-state index contributed by atoms with van der Waals surface area (Å²) in [7, 11) is 0. The van der Waals surface area contributed by atoms with Gasteiger partial charge in [-0.1, -0.05) is 19.1 Å². The summed E-state index contributed by atoms with van der Waals surface area (Å²) in [5.41, 5.74) is 2.35. The molecular weight excluding hydrogens is 212 g/mol. The Bertz CT molecular complexity index is 372. The van der Waals surface area contributed by atoms with E-state index in [-0.39, 0.29) is 11.9 Å². The maximum Gasteiger partial charge on any atom is 0.242 e. The van der Waals surface area contributed by atoms with E-state index in [4.69, 9.17) is 0 Å². The van der Waals surface area contributed by atoms with Gasteiger partial charge in [0.15, 0.2) is 0 Å². The van der Waals surface area contributed by atoms with Crippen LogP contribution in [0.3, 0.4) is 0 Å². The van der Waals surface area contributed by atoms with Crippen molar-refractivity contribution >= 4 is 11.6 Å². The van der Waals surface area contributed by atoms with Crippen LogP contribution in [0.2, 0.25) is 0 Å². The summed E-state index contributed by atoms with van der Waals surface area (Å²) < 4.78 is 0. The van der Waals surface area contributed by atoms with Crippen molar-refractivity contribution in [3.63, 3.8) is 0 Å². The first-order valence-corrected chi connectivity index (χ1v) is 6.43. The molecule has 0 radical (unpaired) electrons. The first-order valence-electron chi connectivity index (χ1n) is 6.43. The van der Waals surface area contributed by atoms with Crippen LogP contribution in [0.5, 0.6) is 0 Å². The second-order valence-corrected chi connectivity index (χ2v) is 4.53. The van der Waals surface area contributed by atoms with Crippen molar-refractivity contribution in [3.05, 3.63) is 29.8 Å². The highest BCUT2D eigenvalue weighted by atomic mass is 16.2. The fourth-order valence-electron chi connectivity index (χ4n) is 2.11. The molecule has 1 aliphatic rings. The molecule has 2 N–H and O–H groups in total. The van der Waals surface area contributed by atoms with Gasteiger partial charge in [0.1, 0.15) is 6.04 Å². The Labute approximate surface area is 103 Å². The summed E-state index contributed by atoms with van der Waals surface area (Å²) in [6.45, 7) is 2.95. The SMILES string of the molecule is CCc1ccc(NC2CCCCNC2=O)cc1. The number of hydrogen-bond acceptors (Lipinski definition) is 2. The number of amides is 1. The molecule has 3 nitrogen and oxygen atoms in total. The largest absolute Gasteiger partial charge is 0.374 e. The Morgan fingerprint density at radius 1 is 1.29 bits per heavy atom. The van der Waals surface area contributed by atoms with Crippen LogP contribution >= 0.6 is 0 Å². The van der Waals surface area contributed by atoms with Crippen LogP contribution in [0.15, 0.2) is 24.3 Å². The van der Waals surface area contributed by atoms with Gasteiger partial charge in [0.25, 0.3) is 0 Å². The number of benzene rings is 1. The molecule has 0 bridgehead atoms. The molecule has 0 aliphatic carbocycles. The third-order valence-electron chi connectivity index (χ3n) is 3.24. The van der Waals surface area contributed by atoms with Crippen LogP contribution in [-0.4, -0.2) is 18.5 Å². The minimum atomic E-state index is -0.0787. The van der Waals surface area contributed by atoms with Crippen molar-refractivity contribution in [2.45, 2.75) is 38.6 Å². The number of carbonyl (C=O) groups is 1. The highest BCUT2D eigenvalue weighted by Crippen LogP contribution is 2.15. The van der Waals surface area contributed by atoms with Gasteiger partial charge in [-0.15, -0.1) is 0 Å². The van der Waals surface area contributed by atoms with Crippen molar-refractivity contribution in [1.29, 1.82) is 0 Å². The predicted octanol–water partition coefficient (Wildman–Crippen LogP) is 2.33. The lowest BCUT2D eigenvalue weighted by molar-refractivity contribution is -0.121. The van der Waals surface area contributed by atoms with E-state index >= 15 is 0 Å². The van der Waals surface area contributed by atoms with E-state index in [0.717, 1.165) is 37.9 Å². The van der Waals surface area contributed by atoms with E-state index in [9.17, 15) is 4.79 Å². The Balaban J connectivity index is 2.00. The van der Waals surface area contributed by atoms with Gasteiger partial charge in [0.2, 0.25) is 5.91 Å². The number of carbonyl (C=O) groups excluding carboxylic acids is 1. The molecule has 1 atom stereocenters. The Morgan fingerprint density at radius 3 is 2.76 bits per heavy atom. The third-order valence-corrected chi connectivity index (χ3v) is 3.24. The molecule has 0 aromatic heterocycles. The maximum absolute atomic E-state index is 11.8. The first-order chi connectivity index (χ1) is 8.29. The molecule has 1 fully saturated rings. The van der Waals surface area contributed by atoms with Crippen molar-refractivity contribution in [1.82, 2.24) is 5.32 Å². The summed E-state index contributed by atoms with van der Waals surface area (Å²) >= 11 is 0. The summed E-state index contributed by atoms with van der Waals surface area (Å²) in [4.78, 5) is 11.8. The molecule has 0 spiro atoms. The Hall–Kier alpha value is -1.51. The summed E-state index contributed by atoms with van der Waals surface area (Å²) in [5.74, 6) is 0.127. The average Bonchev–Trinajstić information content (AvgIpc) is 2.56. The second-order valence-electron chi connectivity index (χ2n) is 4.53. The molecule has 1 heterocycles. The van der Waals surface area contributed by atoms with Crippen molar-refractivity contribution in [2.75, 3.05) is 11.9 Å². The normalized spacial score (nSPS) is 20.5. The van der Waals surface area contributed by atoms with Crippen LogP contribution < -0.4 is 10.6 Å². The standard InChI is InChI=1S/C14H20N2O/c1-2-11-6-8-12(9-7-11)16-13-5-3-4-10-15-14(13)17/h6-9,13,16H,2-5,10H2,1H3,(H,15,17). The summed E-state index contributed by atoms with van der Waals surface area (Å²) in [6.07, 6.45) is 4.15. The quantitative estimate of drug-likeness (QED) is 0.839. The zero-order valence-corrected chi connectivity index (χ0v) is 10.3. The highest BCUT2D eigenvalue weighted by molar-refractivity contribution is 5.84. The molecule has 2 rings (SSSR count). The van der Waals surface area contributed by atoms with E-state index in [1.165, 1.54) is 5.56 Å². The van der Waals surface area contributed by atoms with Crippen molar-refractivity contribution in [3.8, 4) is 0 Å². The van der Waals surface area contributed by atoms with Crippen molar-refractivity contribution in [2.24, 2.45) is 0 Å². The van der Waals surface area contributed by atoms with Gasteiger partial charge in [-0.3, -0.25) is 4.79 Å². The minimum absolute atomic E-state index is 0.0787. The van der Waals surface area contributed by atoms with E-state index in [1.807, 2.05) is 0 Å². The first kappa shape index (κ1) is 12.0. The Kier molecular flexibility index (Phi) is 4.02. The molecule has 1 unspecified atom stereocenters. The third kappa shape index (κ3) is 3.22. The summed E-state index contributed by atoms with van der Waals surface area (Å²) in [5, 5.41) is 6.25. The smallest absolute Gasteiger partial charge is 0.242 e. The van der Waals surface area contributed by atoms with Crippen LogP contribution in [0, 0.1) is 0 Å². The van der Waals surface area contributed by atoms with E-state index in [1.54, 1.807) is 0 Å². The Morgan fingerprint density at radius 2 is 2.06 bits per heavy atom. The number of anilines is 1. The lowest BCUT2D eigenvalue weighted by Crippen LogP contribution is -2.37. The van der Waals surface area contributed by atoms with Crippen LogP contribution in [-0.2, 0) is 11.2 Å². The molecule has 1 aliphatic heterocycles. The predicted molar refractivity (Wildman–Crippen MR) is 70.1 cm³/mol. The maximum atomic E-state index is 11.8. The van der Waals surface area contributed by atoms with Gasteiger partial charge in [-0.25, -0.2) is 0 Å². The molecule has 3 heteroatoms. The van der Waals surface area contributed by atoms with Gasteiger partial charge in [0.05, 0.1) is 0 Å². The fourth-order valence-corrected chi connectivity index (χ4v) is 2.11. The highest BCUT2D eigenvalue weighted by Gasteiger charge is 2.19. The molecule has 92 valence electrons. The average molecular weight is 232 g/mol. The molecule has 1 amide bonds. The molecule has 0 saturated carbocycles. The number of rotatable bonds is 3. The van der Waals surface area contributed by atoms with Crippen LogP contribution in [0.25, 0.3) is 0 Å². The van der Waals surface area contributed by atoms with Gasteiger partial charge in [-0.2, -0.15) is 0 Å². The van der Waals surface area contributed by atoms with Crippen LogP contribution in [0.1, 0.15) is 31.7 Å². The van der Waals surface area contributed by atoms with Crippen molar-refractivity contribution < 1.29 is 4.79 Å². The molecule has 1 aromatic carbocycles. The number of nitrogens with one attached hydrogen (secondary N) is 2. The molecule has 17 heavy (non-hydrogen) atoms. The van der Waals surface area contributed by atoms with Gasteiger partial charge < -0.3 is 10.6 Å². The van der Waals surface area contributed by atoms with Gasteiger partial charge >= 0.3 is 0 Å². The number of hydrogen-bond donors (Lipinski definition) is 2. The topological polar surface area (TPSA) is 41.1 Å². The van der Waals surface area contributed by atoms with Gasteiger partial charge in [0, 0.05) is 12.2 Å². The minimum Gasteiger partial charge on any atom is -0.374 e. The van der Waals surface area contributed by atoms with E-state index in [0.29, 0.717) is 0 Å².